The van der Waals surface area contributed by atoms with E-state index < -0.39 is 0 Å². The van der Waals surface area contributed by atoms with Crippen LogP contribution in [-0.2, 0) is 0 Å². The van der Waals surface area contributed by atoms with Crippen LogP contribution in [0.3, 0.4) is 0 Å². The minimum Gasteiger partial charge on any atom is -0.310 e. The van der Waals surface area contributed by atoms with E-state index in [4.69, 9.17) is 0 Å². The van der Waals surface area contributed by atoms with E-state index in [1.54, 1.807) is 0 Å². The molecule has 0 spiro atoms. The Morgan fingerprint density at radius 2 is 0.312 bits per heavy atom. The first-order valence-corrected chi connectivity index (χ1v) is 49.3. The number of hydrogen-bond acceptors (Lipinski definition) is 5. The van der Waals surface area contributed by atoms with Crippen LogP contribution in [0, 0.1) is 13.8 Å². The normalized spacial score (nSPS) is 11.3. The summed E-state index contributed by atoms with van der Waals surface area (Å²) in [6, 6.07) is 204. The van der Waals surface area contributed by atoms with Gasteiger partial charge in [0, 0.05) is 134 Å². The molecule has 144 heavy (non-hydrogen) atoms. The topological polar surface area (TPSA) is 31.0 Å². The largest absolute Gasteiger partial charge is 0.310 e. The van der Waals surface area contributed by atoms with Crippen LogP contribution in [-0.4, -0.2) is 13.7 Å². The van der Waals surface area contributed by atoms with Crippen LogP contribution in [0.1, 0.15) is 11.1 Å². The van der Waals surface area contributed by atoms with Crippen molar-refractivity contribution in [2.75, 3.05) is 24.5 Å². The first kappa shape index (κ1) is 87.7. The number of para-hydroxylation sites is 10. The zero-order valence-corrected chi connectivity index (χ0v) is 79.8. The van der Waals surface area contributed by atoms with E-state index in [9.17, 15) is 0 Å². The maximum absolute atomic E-state index is 2.37. The zero-order valence-electron chi connectivity index (χ0n) is 79.8. The van der Waals surface area contributed by atoms with E-state index in [0.717, 1.165) is 102 Å². The second kappa shape index (κ2) is 39.1. The smallest absolute Gasteiger partial charge is 0.0541 e. The molecule has 0 fully saturated rings. The van der Waals surface area contributed by atoms with Crippen LogP contribution >= 0.6 is 0 Å². The molecule has 3 heterocycles. The molecule has 26 rings (SSSR count). The third-order valence-electron chi connectivity index (χ3n) is 27.6. The summed E-state index contributed by atoms with van der Waals surface area (Å²) in [6.07, 6.45) is 0. The molecular weight excluding hydrogens is 1750 g/mol. The van der Waals surface area contributed by atoms with Crippen LogP contribution in [0.5, 0.6) is 0 Å². The van der Waals surface area contributed by atoms with E-state index >= 15 is 0 Å². The second-order valence-corrected chi connectivity index (χ2v) is 36.5. The lowest BCUT2D eigenvalue weighted by Crippen LogP contribution is -2.10. The fourth-order valence-electron chi connectivity index (χ4n) is 20.9. The molecule has 8 nitrogen and oxygen atoms in total. The Hall–Kier alpha value is -19.0. The highest BCUT2D eigenvalue weighted by atomic mass is 15.2. The zero-order chi connectivity index (χ0) is 96.2. The summed E-state index contributed by atoms with van der Waals surface area (Å²) in [6.45, 7) is 4.27. The summed E-state index contributed by atoms with van der Waals surface area (Å²) in [7, 11) is 0. The van der Waals surface area contributed by atoms with Gasteiger partial charge in [0.15, 0.2) is 0 Å². The van der Waals surface area contributed by atoms with Crippen LogP contribution in [0.2, 0.25) is 0 Å². The standard InChI is InChI=1S/C54H36N4.C44H32N2.C38H32N2/c1-7-19-49-43(13-1)44-14-2-8-20-50(44)56(49)40-31-25-37(26-32-40)55(38-27-33-41(34-28-38)57-51-21-9-3-15-45(51)46-16-4-10-22-52(46)57)39-29-35-42(36-30-39)58-53-23-11-5-17-47(53)48-18-6-12-24-54(48)58;1-3-17-37(18-4-1)45(43-23-11-15-35-13-7-9-21-41(35)43)39-29-25-33(26-30-39)34-27-31-40(32-28-34)46(38-19-5-2-6-20-38)44-24-12-16-36-14-8-10-22-42(36)44;1-29-11-9-17-37(27-29)39(33-13-5-3-6-14-33)35-23-19-31(20-24-35)32-21-25-36(26-22-32)40(34-15-7-4-8-16-34)38-18-10-12-30(2)28-38/h1-36H;1-32H;3-28H,1-2H3. The number of rotatable bonds is 20. The number of benzene rings is 23. The molecule has 0 aliphatic rings. The van der Waals surface area contributed by atoms with Gasteiger partial charge in [0.2, 0.25) is 0 Å². The van der Waals surface area contributed by atoms with E-state index in [1.807, 2.05) is 0 Å². The van der Waals surface area contributed by atoms with Crippen LogP contribution in [0.25, 0.3) is 126 Å². The minimum atomic E-state index is 1.08. The Bertz CT molecular complexity index is 8220. The van der Waals surface area contributed by atoms with Crippen molar-refractivity contribution in [1.82, 2.24) is 13.7 Å². The second-order valence-electron chi connectivity index (χ2n) is 36.5. The van der Waals surface area contributed by atoms with Gasteiger partial charge in [-0.25, -0.2) is 0 Å². The summed E-state index contributed by atoms with van der Waals surface area (Å²) in [5.41, 5.74) is 34.7. The van der Waals surface area contributed by atoms with Crippen LogP contribution < -0.4 is 24.5 Å². The molecule has 3 aromatic heterocycles. The maximum Gasteiger partial charge on any atom is 0.0541 e. The lowest BCUT2D eigenvalue weighted by Gasteiger charge is -2.27. The Labute approximate surface area is 839 Å². The number of hydrogen-bond donors (Lipinski definition) is 0. The molecule has 26 aromatic rings. The van der Waals surface area contributed by atoms with Gasteiger partial charge < -0.3 is 38.2 Å². The number of fused-ring (bicyclic) bond motifs is 11. The van der Waals surface area contributed by atoms with Gasteiger partial charge in [0.25, 0.3) is 0 Å². The molecule has 0 atom stereocenters. The number of aryl methyl sites for hydroxylation is 2. The third-order valence-corrected chi connectivity index (χ3v) is 27.6. The van der Waals surface area contributed by atoms with Crippen molar-refractivity contribution >= 4 is 172 Å². The number of anilines is 15. The molecule has 0 aliphatic heterocycles. The third kappa shape index (κ3) is 17.1. The highest BCUT2D eigenvalue weighted by molar-refractivity contribution is 6.12. The highest BCUT2D eigenvalue weighted by Crippen LogP contribution is 2.47. The van der Waals surface area contributed by atoms with Crippen molar-refractivity contribution in [2.24, 2.45) is 0 Å². The Kier molecular flexibility index (Phi) is 23.8. The van der Waals surface area contributed by atoms with Gasteiger partial charge in [-0.15, -0.1) is 0 Å². The highest BCUT2D eigenvalue weighted by Gasteiger charge is 2.24. The van der Waals surface area contributed by atoms with Gasteiger partial charge in [0.05, 0.1) is 44.5 Å². The van der Waals surface area contributed by atoms with Crippen molar-refractivity contribution in [3.05, 3.63) is 581 Å². The molecule has 8 heteroatoms. The van der Waals surface area contributed by atoms with E-state index in [2.05, 4.69) is 622 Å². The van der Waals surface area contributed by atoms with Crippen molar-refractivity contribution in [2.45, 2.75) is 13.8 Å². The summed E-state index contributed by atoms with van der Waals surface area (Å²) in [4.78, 5) is 11.7. The van der Waals surface area contributed by atoms with Crippen molar-refractivity contribution < 1.29 is 0 Å². The quantitative estimate of drug-likeness (QED) is 0.0759. The molecular formula is C136H100N8. The van der Waals surface area contributed by atoms with E-state index in [0.29, 0.717) is 0 Å². The monoisotopic (exact) mass is 1840 g/mol. The van der Waals surface area contributed by atoms with Gasteiger partial charge in [-0.05, 0) is 301 Å². The van der Waals surface area contributed by atoms with E-state index in [-0.39, 0.29) is 0 Å². The Morgan fingerprint density at radius 3 is 0.569 bits per heavy atom. The minimum absolute atomic E-state index is 1.08. The van der Waals surface area contributed by atoms with Gasteiger partial charge in [-0.1, -0.05) is 328 Å². The molecule has 0 aliphatic carbocycles. The lowest BCUT2D eigenvalue weighted by atomic mass is 10.0. The molecule has 0 saturated carbocycles. The van der Waals surface area contributed by atoms with Gasteiger partial charge in [-0.2, -0.15) is 0 Å². The fourth-order valence-corrected chi connectivity index (χ4v) is 20.9. The van der Waals surface area contributed by atoms with Gasteiger partial charge in [-0.3, -0.25) is 0 Å². The fraction of sp³-hybridized carbons (Fsp3) is 0.0147. The molecule has 0 unspecified atom stereocenters. The average Bonchev–Trinajstić information content (AvgIpc) is 1.60. The summed E-state index contributed by atoms with van der Waals surface area (Å²) >= 11 is 0. The first-order valence-electron chi connectivity index (χ1n) is 49.3. The van der Waals surface area contributed by atoms with Gasteiger partial charge in [0.1, 0.15) is 0 Å². The van der Waals surface area contributed by atoms with Crippen molar-refractivity contribution in [3.8, 4) is 39.3 Å². The summed E-state index contributed by atoms with van der Waals surface area (Å²) in [5, 5.41) is 12.5. The Morgan fingerprint density at radius 1 is 0.132 bits per heavy atom. The van der Waals surface area contributed by atoms with E-state index in [1.165, 1.54) is 120 Å². The van der Waals surface area contributed by atoms with Crippen molar-refractivity contribution in [3.63, 3.8) is 0 Å². The lowest BCUT2D eigenvalue weighted by molar-refractivity contribution is 1.16. The number of aromatic nitrogens is 3. The summed E-state index contributed by atoms with van der Waals surface area (Å²) < 4.78 is 7.12. The molecule has 0 radical (unpaired) electrons. The first-order chi connectivity index (χ1) is 71.3. The molecule has 23 aromatic carbocycles. The molecule has 0 amide bonds. The SMILES string of the molecule is Cc1cccc(N(c2ccccc2)c2ccc(-c3ccc(N(c4ccccc4)c4cccc(C)c4)cc3)cc2)c1.c1ccc(N(c2ccc(-c3ccc(N(c4ccccc4)c4cccc5ccccc45)cc3)cc2)c2cccc3ccccc23)cc1.c1ccc2c(c1)c1ccccc1n2-c1ccc(N(c2ccc(-n3c4ccccc4c4ccccc43)cc2)c2ccc(-n3c4ccccc4c4ccccc43)cc2)cc1. The molecule has 0 N–H and O–H groups in total. The Balaban J connectivity index is 0.000000119. The van der Waals surface area contributed by atoms with Crippen LogP contribution in [0.4, 0.5) is 85.3 Å². The molecule has 0 saturated heterocycles. The summed E-state index contributed by atoms with van der Waals surface area (Å²) in [5.74, 6) is 0. The number of nitrogens with zero attached hydrogens (tertiary/aromatic N) is 8. The maximum atomic E-state index is 2.37. The predicted octanol–water partition coefficient (Wildman–Crippen LogP) is 38.0. The molecule has 0 bridgehead atoms. The van der Waals surface area contributed by atoms with Crippen molar-refractivity contribution in [1.29, 1.82) is 0 Å². The van der Waals surface area contributed by atoms with Crippen LogP contribution in [0.15, 0.2) is 570 Å². The van der Waals surface area contributed by atoms with Gasteiger partial charge >= 0.3 is 0 Å². The average molecular weight is 1850 g/mol. The molecule has 684 valence electrons. The predicted molar refractivity (Wildman–Crippen MR) is 611 cm³/mol.